The summed E-state index contributed by atoms with van der Waals surface area (Å²) in [5.74, 6) is -0.351. The maximum absolute atomic E-state index is 11.7. The minimum atomic E-state index is -0.351. The molecule has 1 aromatic rings. The molecule has 1 aliphatic heterocycles. The Hall–Kier alpha value is -1.55. The van der Waals surface area contributed by atoms with Crippen molar-refractivity contribution in [3.05, 3.63) is 29.3 Å². The van der Waals surface area contributed by atoms with E-state index in [0.29, 0.717) is 17.3 Å². The number of rotatable bonds is 3. The van der Waals surface area contributed by atoms with Gasteiger partial charge in [-0.1, -0.05) is 12.1 Å². The zero-order valence-corrected chi connectivity index (χ0v) is 10.0. The second kappa shape index (κ2) is 5.19. The van der Waals surface area contributed by atoms with E-state index in [1.54, 1.807) is 6.07 Å². The summed E-state index contributed by atoms with van der Waals surface area (Å²) in [5, 5.41) is 3.42. The molecule has 1 aromatic carbocycles. The Labute approximate surface area is 101 Å². The Balaban J connectivity index is 2.25. The van der Waals surface area contributed by atoms with Gasteiger partial charge in [-0.2, -0.15) is 0 Å². The van der Waals surface area contributed by atoms with Crippen molar-refractivity contribution in [2.45, 2.75) is 25.3 Å². The Morgan fingerprint density at radius 1 is 1.59 bits per heavy atom. The van der Waals surface area contributed by atoms with Crippen LogP contribution in [0.4, 0.5) is 5.69 Å². The molecular formula is C13H18N2O2. The van der Waals surface area contributed by atoms with Gasteiger partial charge in [-0.25, -0.2) is 4.79 Å². The molecule has 1 aliphatic rings. The number of hydrogen-bond acceptors (Lipinski definition) is 4. The maximum atomic E-state index is 11.7. The Morgan fingerprint density at radius 2 is 2.41 bits per heavy atom. The van der Waals surface area contributed by atoms with Gasteiger partial charge in [0.1, 0.15) is 0 Å². The summed E-state index contributed by atoms with van der Waals surface area (Å²) in [7, 11) is 1.38. The number of nitrogens with one attached hydrogen (secondary N) is 1. The molecule has 0 aromatic heterocycles. The Morgan fingerprint density at radius 3 is 3.06 bits per heavy atom. The van der Waals surface area contributed by atoms with Crippen LogP contribution >= 0.6 is 0 Å². The molecule has 17 heavy (non-hydrogen) atoms. The van der Waals surface area contributed by atoms with Crippen LogP contribution in [0.5, 0.6) is 0 Å². The standard InChI is InChI=1S/C13H18N2O2/c1-17-13(16)12-9(4-2-6-11(12)14)8-10-5-3-7-15-10/h2,4,6,10,15H,3,5,7-8,14H2,1H3. The van der Waals surface area contributed by atoms with Crippen molar-refractivity contribution in [1.29, 1.82) is 0 Å². The van der Waals surface area contributed by atoms with Gasteiger partial charge in [0.05, 0.1) is 12.7 Å². The highest BCUT2D eigenvalue weighted by Crippen LogP contribution is 2.21. The van der Waals surface area contributed by atoms with Gasteiger partial charge in [-0.3, -0.25) is 0 Å². The molecule has 2 rings (SSSR count). The van der Waals surface area contributed by atoms with E-state index in [0.717, 1.165) is 24.9 Å². The van der Waals surface area contributed by atoms with Crippen molar-refractivity contribution in [2.75, 3.05) is 19.4 Å². The fourth-order valence-electron chi connectivity index (χ4n) is 2.34. The molecule has 0 amide bonds. The smallest absolute Gasteiger partial charge is 0.340 e. The molecule has 1 saturated heterocycles. The molecule has 1 fully saturated rings. The van der Waals surface area contributed by atoms with Crippen LogP contribution in [0.2, 0.25) is 0 Å². The summed E-state index contributed by atoms with van der Waals surface area (Å²) >= 11 is 0. The SMILES string of the molecule is COC(=O)c1c(N)cccc1CC1CCCN1. The van der Waals surface area contributed by atoms with Crippen LogP contribution in [0, 0.1) is 0 Å². The molecule has 4 nitrogen and oxygen atoms in total. The third kappa shape index (κ3) is 2.58. The monoisotopic (exact) mass is 234 g/mol. The van der Waals surface area contributed by atoms with Gasteiger partial charge in [0.2, 0.25) is 0 Å². The van der Waals surface area contributed by atoms with Crippen LogP contribution < -0.4 is 11.1 Å². The van der Waals surface area contributed by atoms with Crippen LogP contribution in [0.25, 0.3) is 0 Å². The minimum absolute atomic E-state index is 0.351. The molecular weight excluding hydrogens is 216 g/mol. The highest BCUT2D eigenvalue weighted by Gasteiger charge is 2.20. The van der Waals surface area contributed by atoms with Gasteiger partial charge in [0.15, 0.2) is 0 Å². The topological polar surface area (TPSA) is 64.3 Å². The van der Waals surface area contributed by atoms with Gasteiger partial charge in [0, 0.05) is 11.7 Å². The highest BCUT2D eigenvalue weighted by atomic mass is 16.5. The first-order chi connectivity index (χ1) is 8.22. The second-order valence-electron chi connectivity index (χ2n) is 4.37. The lowest BCUT2D eigenvalue weighted by Crippen LogP contribution is -2.25. The second-order valence-corrected chi connectivity index (χ2v) is 4.37. The fourth-order valence-corrected chi connectivity index (χ4v) is 2.34. The van der Waals surface area contributed by atoms with E-state index in [9.17, 15) is 4.79 Å². The Bertz CT molecular complexity index is 412. The first kappa shape index (κ1) is 11.9. The van der Waals surface area contributed by atoms with Crippen LogP contribution in [-0.4, -0.2) is 25.7 Å². The first-order valence-electron chi connectivity index (χ1n) is 5.91. The number of anilines is 1. The van der Waals surface area contributed by atoms with Gasteiger partial charge in [-0.05, 0) is 37.4 Å². The maximum Gasteiger partial charge on any atom is 0.340 e. The summed E-state index contributed by atoms with van der Waals surface area (Å²) in [6.45, 7) is 1.06. The predicted molar refractivity (Wildman–Crippen MR) is 66.9 cm³/mol. The molecule has 3 N–H and O–H groups in total. The zero-order valence-electron chi connectivity index (χ0n) is 10.0. The van der Waals surface area contributed by atoms with E-state index in [1.807, 2.05) is 12.1 Å². The number of nitrogen functional groups attached to an aromatic ring is 1. The molecule has 92 valence electrons. The van der Waals surface area contributed by atoms with Crippen LogP contribution in [-0.2, 0) is 11.2 Å². The quantitative estimate of drug-likeness (QED) is 0.612. The van der Waals surface area contributed by atoms with Crippen LogP contribution in [0.3, 0.4) is 0 Å². The van der Waals surface area contributed by atoms with E-state index in [-0.39, 0.29) is 5.97 Å². The minimum Gasteiger partial charge on any atom is -0.465 e. The number of carbonyl (C=O) groups is 1. The third-order valence-corrected chi connectivity index (χ3v) is 3.20. The molecule has 0 aliphatic carbocycles. The molecule has 0 saturated carbocycles. The van der Waals surface area contributed by atoms with Crippen LogP contribution in [0.15, 0.2) is 18.2 Å². The number of benzene rings is 1. The number of esters is 1. The number of methoxy groups -OCH3 is 1. The molecule has 0 bridgehead atoms. The summed E-state index contributed by atoms with van der Waals surface area (Å²) in [6, 6.07) is 6.01. The molecule has 1 atom stereocenters. The summed E-state index contributed by atoms with van der Waals surface area (Å²) in [6.07, 6.45) is 3.17. The van der Waals surface area contributed by atoms with E-state index < -0.39 is 0 Å². The lowest BCUT2D eigenvalue weighted by Gasteiger charge is -2.14. The fraction of sp³-hybridized carbons (Fsp3) is 0.462. The molecule has 0 spiro atoms. The van der Waals surface area contributed by atoms with Crippen molar-refractivity contribution in [3.63, 3.8) is 0 Å². The number of hydrogen-bond donors (Lipinski definition) is 2. The van der Waals surface area contributed by atoms with E-state index >= 15 is 0 Å². The summed E-state index contributed by atoms with van der Waals surface area (Å²) < 4.78 is 4.78. The van der Waals surface area contributed by atoms with Crippen molar-refractivity contribution in [2.24, 2.45) is 0 Å². The lowest BCUT2D eigenvalue weighted by atomic mass is 9.98. The van der Waals surface area contributed by atoms with Crippen LogP contribution in [0.1, 0.15) is 28.8 Å². The number of carbonyl (C=O) groups excluding carboxylic acids is 1. The Kier molecular flexibility index (Phi) is 3.64. The first-order valence-corrected chi connectivity index (χ1v) is 5.91. The molecule has 4 heteroatoms. The van der Waals surface area contributed by atoms with Crippen molar-refractivity contribution >= 4 is 11.7 Å². The van der Waals surface area contributed by atoms with Gasteiger partial charge in [0.25, 0.3) is 0 Å². The van der Waals surface area contributed by atoms with E-state index in [4.69, 9.17) is 10.5 Å². The third-order valence-electron chi connectivity index (χ3n) is 3.20. The summed E-state index contributed by atoms with van der Waals surface area (Å²) in [4.78, 5) is 11.7. The van der Waals surface area contributed by atoms with Gasteiger partial charge >= 0.3 is 5.97 Å². The predicted octanol–water partition coefficient (Wildman–Crippen LogP) is 1.35. The number of nitrogens with two attached hydrogens (primary N) is 1. The van der Waals surface area contributed by atoms with Gasteiger partial charge < -0.3 is 15.8 Å². The number of ether oxygens (including phenoxy) is 1. The molecule has 1 unspecified atom stereocenters. The largest absolute Gasteiger partial charge is 0.465 e. The lowest BCUT2D eigenvalue weighted by molar-refractivity contribution is 0.0600. The molecule has 0 radical (unpaired) electrons. The average Bonchev–Trinajstić information content (AvgIpc) is 2.81. The van der Waals surface area contributed by atoms with Crippen molar-refractivity contribution < 1.29 is 9.53 Å². The van der Waals surface area contributed by atoms with Crippen molar-refractivity contribution in [1.82, 2.24) is 5.32 Å². The summed E-state index contributed by atoms with van der Waals surface area (Å²) in [5.41, 5.74) is 7.83. The average molecular weight is 234 g/mol. The zero-order chi connectivity index (χ0) is 12.3. The van der Waals surface area contributed by atoms with Gasteiger partial charge in [-0.15, -0.1) is 0 Å². The normalized spacial score (nSPS) is 19.2. The molecule has 1 heterocycles. The van der Waals surface area contributed by atoms with Crippen molar-refractivity contribution in [3.8, 4) is 0 Å². The van der Waals surface area contributed by atoms with E-state index in [2.05, 4.69) is 5.32 Å². The van der Waals surface area contributed by atoms with E-state index in [1.165, 1.54) is 13.5 Å². The highest BCUT2D eigenvalue weighted by molar-refractivity contribution is 5.96.